The summed E-state index contributed by atoms with van der Waals surface area (Å²) < 4.78 is 26.3. The first kappa shape index (κ1) is 13.8. The second kappa shape index (κ2) is 4.67. The molecule has 0 radical (unpaired) electrons. The van der Waals surface area contributed by atoms with Crippen LogP contribution in [0.5, 0.6) is 0 Å². The van der Waals surface area contributed by atoms with E-state index >= 15 is 0 Å². The smallest absolute Gasteiger partial charge is 0.322 e. The van der Waals surface area contributed by atoms with Gasteiger partial charge in [-0.25, -0.2) is 13.4 Å². The van der Waals surface area contributed by atoms with Crippen molar-refractivity contribution in [3.8, 4) is 0 Å². The Hall–Kier alpha value is -2.20. The van der Waals surface area contributed by atoms with Crippen molar-refractivity contribution in [1.82, 2.24) is 24.5 Å². The number of nitrogens with zero attached hydrogens (tertiary/aromatic N) is 3. The van der Waals surface area contributed by atoms with Crippen molar-refractivity contribution < 1.29 is 18.3 Å². The highest BCUT2D eigenvalue weighted by atomic mass is 32.2. The Bertz CT molecular complexity index is 793. The van der Waals surface area contributed by atoms with Crippen LogP contribution in [-0.4, -0.2) is 50.0 Å². The predicted octanol–water partition coefficient (Wildman–Crippen LogP) is -0.359. The summed E-state index contributed by atoms with van der Waals surface area (Å²) in [7, 11) is -3.95. The maximum Gasteiger partial charge on any atom is 0.322 e. The average molecular weight is 311 g/mol. The molecule has 0 aromatic carbocycles. The number of carboxylic acid groups (broad SMARTS) is 1. The molecular formula is C11H13N5O4S. The standard InChI is InChI=1S/C11H13N5O4S/c1-6-10(3-14-15-6)21(19,20)16-4-8-7(12-5-13-8)2-9(16)11(17)18/h3,5,9H,2,4H2,1H3,(H,12,13)(H,14,15)(H,17,18). The lowest BCUT2D eigenvalue weighted by Crippen LogP contribution is -2.48. The van der Waals surface area contributed by atoms with Crippen LogP contribution >= 0.6 is 0 Å². The first-order valence-electron chi connectivity index (χ1n) is 6.17. The van der Waals surface area contributed by atoms with Crippen molar-refractivity contribution in [2.75, 3.05) is 0 Å². The van der Waals surface area contributed by atoms with E-state index in [1.165, 1.54) is 12.5 Å². The third-order valence-corrected chi connectivity index (χ3v) is 5.48. The summed E-state index contributed by atoms with van der Waals surface area (Å²) in [5.41, 5.74) is 1.56. The van der Waals surface area contributed by atoms with Gasteiger partial charge in [0.15, 0.2) is 0 Å². The Balaban J connectivity index is 2.07. The maximum atomic E-state index is 12.7. The summed E-state index contributed by atoms with van der Waals surface area (Å²) in [6.07, 6.45) is 2.65. The van der Waals surface area contributed by atoms with E-state index in [0.717, 1.165) is 4.31 Å². The summed E-state index contributed by atoms with van der Waals surface area (Å²) in [6.45, 7) is 1.51. The maximum absolute atomic E-state index is 12.7. The van der Waals surface area contributed by atoms with Crippen molar-refractivity contribution in [3.05, 3.63) is 29.6 Å². The summed E-state index contributed by atoms with van der Waals surface area (Å²) in [4.78, 5) is 18.3. The SMILES string of the molecule is Cc1[nH]ncc1S(=O)(=O)N1Cc2[nH]cnc2CC1C(=O)O. The molecule has 1 aliphatic heterocycles. The molecule has 21 heavy (non-hydrogen) atoms. The van der Waals surface area contributed by atoms with Gasteiger partial charge in [-0.05, 0) is 6.92 Å². The van der Waals surface area contributed by atoms with E-state index in [2.05, 4.69) is 20.2 Å². The third kappa shape index (κ3) is 2.12. The second-order valence-electron chi connectivity index (χ2n) is 4.80. The van der Waals surface area contributed by atoms with Gasteiger partial charge in [-0.15, -0.1) is 0 Å². The number of rotatable bonds is 3. The van der Waals surface area contributed by atoms with Crippen LogP contribution in [0, 0.1) is 6.92 Å². The molecule has 0 saturated heterocycles. The van der Waals surface area contributed by atoms with Crippen molar-refractivity contribution in [2.24, 2.45) is 0 Å². The molecule has 0 aliphatic carbocycles. The normalized spacial score (nSPS) is 19.4. The number of hydrogen-bond acceptors (Lipinski definition) is 5. The van der Waals surface area contributed by atoms with Gasteiger partial charge in [-0.3, -0.25) is 9.89 Å². The van der Waals surface area contributed by atoms with Gasteiger partial charge in [0.05, 0.1) is 36.2 Å². The van der Waals surface area contributed by atoms with Gasteiger partial charge in [0.25, 0.3) is 0 Å². The fraction of sp³-hybridized carbons (Fsp3) is 0.364. The molecule has 0 amide bonds. The predicted molar refractivity (Wildman–Crippen MR) is 69.8 cm³/mol. The lowest BCUT2D eigenvalue weighted by molar-refractivity contribution is -0.141. The zero-order chi connectivity index (χ0) is 15.2. The monoisotopic (exact) mass is 311 g/mol. The Morgan fingerprint density at radius 3 is 2.90 bits per heavy atom. The molecule has 0 bridgehead atoms. The number of hydrogen-bond donors (Lipinski definition) is 3. The minimum atomic E-state index is -3.95. The summed E-state index contributed by atoms with van der Waals surface area (Å²) in [6, 6.07) is -1.18. The molecule has 1 unspecified atom stereocenters. The van der Waals surface area contributed by atoms with Gasteiger partial charge in [0.2, 0.25) is 10.0 Å². The fourth-order valence-electron chi connectivity index (χ4n) is 2.40. The molecule has 3 heterocycles. The largest absolute Gasteiger partial charge is 0.480 e. The van der Waals surface area contributed by atoms with Gasteiger partial charge in [-0.1, -0.05) is 0 Å². The van der Waals surface area contributed by atoms with E-state index in [9.17, 15) is 18.3 Å². The zero-order valence-electron chi connectivity index (χ0n) is 11.1. The number of aryl methyl sites for hydroxylation is 1. The minimum Gasteiger partial charge on any atom is -0.480 e. The molecular weight excluding hydrogens is 298 g/mol. The van der Waals surface area contributed by atoms with E-state index in [0.29, 0.717) is 17.1 Å². The number of sulfonamides is 1. The number of fused-ring (bicyclic) bond motifs is 1. The van der Waals surface area contributed by atoms with Crippen molar-refractivity contribution in [2.45, 2.75) is 30.8 Å². The summed E-state index contributed by atoms with van der Waals surface area (Å²) >= 11 is 0. The van der Waals surface area contributed by atoms with Crippen LogP contribution in [0.3, 0.4) is 0 Å². The molecule has 1 atom stereocenters. The highest BCUT2D eigenvalue weighted by molar-refractivity contribution is 7.89. The van der Waals surface area contributed by atoms with E-state index in [1.807, 2.05) is 0 Å². The minimum absolute atomic E-state index is 0.0169. The molecule has 3 N–H and O–H groups in total. The highest BCUT2D eigenvalue weighted by Crippen LogP contribution is 2.28. The van der Waals surface area contributed by atoms with Crippen molar-refractivity contribution >= 4 is 16.0 Å². The van der Waals surface area contributed by atoms with Crippen molar-refractivity contribution in [1.29, 1.82) is 0 Å². The van der Waals surface area contributed by atoms with E-state index in [1.54, 1.807) is 6.92 Å². The van der Waals surface area contributed by atoms with Gasteiger partial charge < -0.3 is 10.1 Å². The molecule has 112 valence electrons. The molecule has 2 aromatic rings. The summed E-state index contributed by atoms with van der Waals surface area (Å²) in [5.74, 6) is -1.20. The Kier molecular flexibility index (Phi) is 3.06. The quantitative estimate of drug-likeness (QED) is 0.709. The van der Waals surface area contributed by atoms with E-state index in [4.69, 9.17) is 0 Å². The molecule has 0 spiro atoms. The fourth-order valence-corrected chi connectivity index (χ4v) is 4.07. The lowest BCUT2D eigenvalue weighted by Gasteiger charge is -2.31. The van der Waals surface area contributed by atoms with Gasteiger partial charge >= 0.3 is 5.97 Å². The Morgan fingerprint density at radius 2 is 2.29 bits per heavy atom. The van der Waals surface area contributed by atoms with Crippen LogP contribution in [0.15, 0.2) is 17.4 Å². The number of carbonyl (C=O) groups is 1. The summed E-state index contributed by atoms with van der Waals surface area (Å²) in [5, 5.41) is 15.6. The van der Waals surface area contributed by atoms with Crippen LogP contribution in [0.2, 0.25) is 0 Å². The van der Waals surface area contributed by atoms with E-state index in [-0.39, 0.29) is 17.9 Å². The topological polar surface area (TPSA) is 132 Å². The Labute approximate surface area is 120 Å². The van der Waals surface area contributed by atoms with Gasteiger partial charge in [-0.2, -0.15) is 9.40 Å². The lowest BCUT2D eigenvalue weighted by atomic mass is 10.1. The van der Waals surface area contributed by atoms with Crippen LogP contribution < -0.4 is 0 Å². The third-order valence-electron chi connectivity index (χ3n) is 3.51. The van der Waals surface area contributed by atoms with E-state index < -0.39 is 22.0 Å². The number of carboxylic acids is 1. The molecule has 10 heteroatoms. The van der Waals surface area contributed by atoms with Crippen molar-refractivity contribution in [3.63, 3.8) is 0 Å². The Morgan fingerprint density at radius 1 is 1.52 bits per heavy atom. The second-order valence-corrected chi connectivity index (χ2v) is 6.65. The van der Waals surface area contributed by atoms with Gasteiger partial charge in [0.1, 0.15) is 10.9 Å². The molecule has 9 nitrogen and oxygen atoms in total. The van der Waals surface area contributed by atoms with Gasteiger partial charge in [0, 0.05) is 6.42 Å². The number of imidazole rings is 1. The number of aromatic amines is 2. The first-order chi connectivity index (χ1) is 9.91. The molecule has 0 fully saturated rings. The highest BCUT2D eigenvalue weighted by Gasteiger charge is 2.41. The number of nitrogens with one attached hydrogen (secondary N) is 2. The number of aliphatic carboxylic acids is 1. The average Bonchev–Trinajstić information content (AvgIpc) is 3.04. The molecule has 0 saturated carbocycles. The number of H-pyrrole nitrogens is 2. The molecule has 2 aromatic heterocycles. The molecule has 1 aliphatic rings. The van der Waals surface area contributed by atoms with Crippen LogP contribution in [0.4, 0.5) is 0 Å². The van der Waals surface area contributed by atoms with Crippen LogP contribution in [0.1, 0.15) is 17.1 Å². The van der Waals surface area contributed by atoms with Crippen LogP contribution in [0.25, 0.3) is 0 Å². The molecule has 3 rings (SSSR count). The number of aromatic nitrogens is 4. The zero-order valence-corrected chi connectivity index (χ0v) is 11.9. The first-order valence-corrected chi connectivity index (χ1v) is 7.61. The van der Waals surface area contributed by atoms with Crippen LogP contribution in [-0.2, 0) is 27.8 Å².